The van der Waals surface area contributed by atoms with Crippen molar-refractivity contribution >= 4 is 34.4 Å². The summed E-state index contributed by atoms with van der Waals surface area (Å²) in [7, 11) is 0. The van der Waals surface area contributed by atoms with Crippen molar-refractivity contribution in [2.24, 2.45) is 5.92 Å². The summed E-state index contributed by atoms with van der Waals surface area (Å²) >= 11 is 1.56. The maximum atomic E-state index is 10.6. The van der Waals surface area contributed by atoms with Gasteiger partial charge in [0.05, 0.1) is 12.1 Å². The number of nitrogens with zero attached hydrogens (tertiary/aromatic N) is 5. The van der Waals surface area contributed by atoms with Crippen molar-refractivity contribution in [1.82, 2.24) is 25.0 Å². The van der Waals surface area contributed by atoms with Gasteiger partial charge in [0, 0.05) is 35.9 Å². The molecule has 0 amide bonds. The molecule has 2 saturated carbocycles. The van der Waals surface area contributed by atoms with Crippen molar-refractivity contribution in [2.75, 3.05) is 23.4 Å². The highest BCUT2D eigenvalue weighted by atomic mass is 32.2. The number of hydrogen-bond donors (Lipinski definition) is 5. The molecule has 2 aliphatic rings. The maximum absolute atomic E-state index is 10.6. The summed E-state index contributed by atoms with van der Waals surface area (Å²) in [6, 6.07) is 7.63. The summed E-state index contributed by atoms with van der Waals surface area (Å²) in [6.45, 7) is 1.90. The molecule has 0 bridgehead atoms. The minimum Gasteiger partial charge on any atom is -0.399 e. The smallest absolute Gasteiger partial charge is 0.191 e. The fourth-order valence-corrected chi connectivity index (χ4v) is 5.30. The number of nitrogen functional groups attached to an aromatic ring is 1. The monoisotopic (exact) mass is 471 g/mol. The molecular formula is C22H29N7O3S. The molecule has 5 rings (SSSR count). The Morgan fingerprint density at radius 2 is 2.06 bits per heavy atom. The standard InChI is InChI=1S/C22H29N7O3S/c1-2-6-33-22-25-20(24-15-9-14(15)11-4-3-5-13(23)7-11)17-21(26-22)29(28-27-17)16-8-12(10-30)18(31)19(16)32/h3-5,7,12,14-16,18-19,30-32H,2,6,8-10,23H2,1H3,(H,24,25,26). The highest BCUT2D eigenvalue weighted by molar-refractivity contribution is 7.99. The molecule has 11 heteroatoms. The summed E-state index contributed by atoms with van der Waals surface area (Å²) in [5.41, 5.74) is 8.94. The minimum atomic E-state index is -1.05. The van der Waals surface area contributed by atoms with E-state index in [0.717, 1.165) is 24.3 Å². The average molecular weight is 472 g/mol. The predicted molar refractivity (Wildman–Crippen MR) is 126 cm³/mol. The van der Waals surface area contributed by atoms with Gasteiger partial charge in [0.2, 0.25) is 0 Å². The number of aromatic nitrogens is 5. The number of nitrogens with two attached hydrogens (primary N) is 1. The van der Waals surface area contributed by atoms with Crippen LogP contribution in [0.4, 0.5) is 11.5 Å². The number of fused-ring (bicyclic) bond motifs is 1. The molecule has 6 unspecified atom stereocenters. The molecule has 2 aromatic heterocycles. The molecule has 176 valence electrons. The van der Waals surface area contributed by atoms with E-state index in [9.17, 15) is 15.3 Å². The Hall–Kier alpha value is -2.47. The Bertz CT molecular complexity index is 1140. The maximum Gasteiger partial charge on any atom is 0.191 e. The first-order valence-electron chi connectivity index (χ1n) is 11.3. The molecule has 0 aliphatic heterocycles. The normalized spacial score (nSPS) is 29.0. The lowest BCUT2D eigenvalue weighted by Crippen LogP contribution is -2.30. The molecular weight excluding hydrogens is 442 g/mol. The van der Waals surface area contributed by atoms with Crippen LogP contribution in [0.2, 0.25) is 0 Å². The van der Waals surface area contributed by atoms with Crippen LogP contribution in [-0.4, -0.2) is 70.9 Å². The van der Waals surface area contributed by atoms with Crippen molar-refractivity contribution in [3.05, 3.63) is 29.8 Å². The topological polar surface area (TPSA) is 155 Å². The Labute approximate surface area is 195 Å². The molecule has 2 fully saturated rings. The summed E-state index contributed by atoms with van der Waals surface area (Å²) < 4.78 is 1.57. The molecule has 3 aromatic rings. The fraction of sp³-hybridized carbons (Fsp3) is 0.545. The van der Waals surface area contributed by atoms with Crippen LogP contribution in [0.15, 0.2) is 29.4 Å². The van der Waals surface area contributed by atoms with Gasteiger partial charge >= 0.3 is 0 Å². The van der Waals surface area contributed by atoms with Crippen molar-refractivity contribution in [2.45, 2.75) is 61.6 Å². The number of aliphatic hydroxyl groups is 3. The van der Waals surface area contributed by atoms with Crippen LogP contribution in [0.25, 0.3) is 11.2 Å². The Morgan fingerprint density at radius 1 is 1.21 bits per heavy atom. The second-order valence-electron chi connectivity index (χ2n) is 8.90. The van der Waals surface area contributed by atoms with Crippen LogP contribution in [0, 0.1) is 5.92 Å². The zero-order valence-corrected chi connectivity index (χ0v) is 19.2. The molecule has 6 N–H and O–H groups in total. The van der Waals surface area contributed by atoms with Gasteiger partial charge in [0.1, 0.15) is 6.10 Å². The second-order valence-corrected chi connectivity index (χ2v) is 9.96. The van der Waals surface area contributed by atoms with E-state index in [1.165, 1.54) is 5.56 Å². The van der Waals surface area contributed by atoms with Gasteiger partial charge in [-0.25, -0.2) is 14.6 Å². The van der Waals surface area contributed by atoms with E-state index in [0.29, 0.717) is 34.5 Å². The largest absolute Gasteiger partial charge is 0.399 e. The molecule has 6 atom stereocenters. The van der Waals surface area contributed by atoms with E-state index in [-0.39, 0.29) is 12.6 Å². The Kier molecular flexibility index (Phi) is 6.12. The molecule has 33 heavy (non-hydrogen) atoms. The van der Waals surface area contributed by atoms with Crippen LogP contribution in [0.1, 0.15) is 43.7 Å². The lowest BCUT2D eigenvalue weighted by atomic mass is 10.1. The lowest BCUT2D eigenvalue weighted by Gasteiger charge is -2.17. The lowest BCUT2D eigenvalue weighted by molar-refractivity contribution is -0.00512. The van der Waals surface area contributed by atoms with Crippen LogP contribution in [0.3, 0.4) is 0 Å². The van der Waals surface area contributed by atoms with Crippen LogP contribution in [-0.2, 0) is 0 Å². The van der Waals surface area contributed by atoms with E-state index in [2.05, 4.69) is 33.6 Å². The Balaban J connectivity index is 1.46. The third-order valence-corrected chi connectivity index (χ3v) is 7.56. The van der Waals surface area contributed by atoms with Crippen molar-refractivity contribution in [3.63, 3.8) is 0 Å². The minimum absolute atomic E-state index is 0.201. The zero-order chi connectivity index (χ0) is 23.1. The number of nitrogens with one attached hydrogen (secondary N) is 1. The third-order valence-electron chi connectivity index (χ3n) is 6.51. The third kappa shape index (κ3) is 4.25. The summed E-state index contributed by atoms with van der Waals surface area (Å²) in [5.74, 6) is 1.42. The van der Waals surface area contributed by atoms with Crippen molar-refractivity contribution < 1.29 is 15.3 Å². The number of benzene rings is 1. The quantitative estimate of drug-likeness (QED) is 0.186. The van der Waals surface area contributed by atoms with Gasteiger partial charge in [-0.1, -0.05) is 36.0 Å². The molecule has 1 aromatic carbocycles. The van der Waals surface area contributed by atoms with Gasteiger partial charge in [-0.3, -0.25) is 0 Å². The van der Waals surface area contributed by atoms with E-state index in [1.54, 1.807) is 16.4 Å². The summed E-state index contributed by atoms with van der Waals surface area (Å²) in [4.78, 5) is 9.40. The van der Waals surface area contributed by atoms with Gasteiger partial charge in [0.25, 0.3) is 0 Å². The van der Waals surface area contributed by atoms with Crippen LogP contribution >= 0.6 is 11.8 Å². The number of rotatable bonds is 8. The predicted octanol–water partition coefficient (Wildman–Crippen LogP) is 1.55. The number of hydrogen-bond acceptors (Lipinski definition) is 10. The molecule has 0 spiro atoms. The van der Waals surface area contributed by atoms with E-state index in [4.69, 9.17) is 10.7 Å². The van der Waals surface area contributed by atoms with Crippen LogP contribution < -0.4 is 11.1 Å². The van der Waals surface area contributed by atoms with E-state index < -0.39 is 24.2 Å². The van der Waals surface area contributed by atoms with Crippen molar-refractivity contribution in [3.8, 4) is 0 Å². The first-order chi connectivity index (χ1) is 16.0. The van der Waals surface area contributed by atoms with Gasteiger partial charge < -0.3 is 26.4 Å². The summed E-state index contributed by atoms with van der Waals surface area (Å²) in [6.07, 6.45) is 0.270. The zero-order valence-electron chi connectivity index (χ0n) is 18.4. The van der Waals surface area contributed by atoms with Crippen LogP contribution in [0.5, 0.6) is 0 Å². The highest BCUT2D eigenvalue weighted by Crippen LogP contribution is 2.44. The van der Waals surface area contributed by atoms with Gasteiger partial charge in [-0.05, 0) is 37.0 Å². The SMILES string of the molecule is CCCSc1nc(NC2CC2c2cccc(N)c2)c2nnn(C3CC(CO)C(O)C3O)c2n1. The van der Waals surface area contributed by atoms with E-state index >= 15 is 0 Å². The Morgan fingerprint density at radius 3 is 2.79 bits per heavy atom. The first kappa shape index (κ1) is 22.3. The van der Waals surface area contributed by atoms with Gasteiger partial charge in [-0.15, -0.1) is 5.10 Å². The number of thioether (sulfide) groups is 1. The fourth-order valence-electron chi connectivity index (χ4n) is 4.60. The highest BCUT2D eigenvalue weighted by Gasteiger charge is 2.44. The average Bonchev–Trinajstić information content (AvgIpc) is 3.36. The molecule has 10 nitrogen and oxygen atoms in total. The van der Waals surface area contributed by atoms with Gasteiger partial charge in [0.15, 0.2) is 22.1 Å². The number of anilines is 2. The van der Waals surface area contributed by atoms with E-state index in [1.807, 2.05) is 18.2 Å². The molecule has 2 heterocycles. The number of aliphatic hydroxyl groups excluding tert-OH is 3. The molecule has 2 aliphatic carbocycles. The van der Waals surface area contributed by atoms with Gasteiger partial charge in [-0.2, -0.15) is 0 Å². The molecule has 0 radical (unpaired) electrons. The molecule has 0 saturated heterocycles. The first-order valence-corrected chi connectivity index (χ1v) is 12.3. The second kappa shape index (κ2) is 9.05. The summed E-state index contributed by atoms with van der Waals surface area (Å²) in [5, 5.41) is 43.1. The van der Waals surface area contributed by atoms with Crippen molar-refractivity contribution in [1.29, 1.82) is 0 Å².